The molecule has 2 aromatic carbocycles. The number of hydrogen-bond acceptors (Lipinski definition) is 8. The van der Waals surface area contributed by atoms with Gasteiger partial charge in [0, 0.05) is 12.8 Å². The number of aryl methyl sites for hydroxylation is 2. The largest absolute Gasteiger partial charge is 0.462 e. The summed E-state index contributed by atoms with van der Waals surface area (Å²) in [7, 11) is 0. The molecule has 0 bridgehead atoms. The van der Waals surface area contributed by atoms with Gasteiger partial charge in [0.25, 0.3) is 0 Å². The number of anilines is 2. The average molecular weight is 581 g/mol. The second kappa shape index (κ2) is 14.8. The number of unbranched alkanes of at least 4 members (excludes halogenated alkanes) is 1. The van der Waals surface area contributed by atoms with Crippen molar-refractivity contribution in [1.29, 1.82) is 0 Å². The third-order valence-corrected chi connectivity index (χ3v) is 7.37. The van der Waals surface area contributed by atoms with E-state index >= 15 is 0 Å². The highest BCUT2D eigenvalue weighted by Crippen LogP contribution is 2.22. The topological polar surface area (TPSA) is 119 Å². The Balaban J connectivity index is 1.00. The summed E-state index contributed by atoms with van der Waals surface area (Å²) in [5.74, 6) is 1.83. The van der Waals surface area contributed by atoms with Crippen LogP contribution in [0.1, 0.15) is 47.5 Å². The Morgan fingerprint density at radius 3 is 2.43 bits per heavy atom. The normalized spacial score (nSPS) is 12.4. The molecule has 0 spiro atoms. The van der Waals surface area contributed by atoms with Gasteiger partial charge in [-0.15, -0.1) is 15.3 Å². The van der Waals surface area contributed by atoms with E-state index in [9.17, 15) is 9.59 Å². The Kier molecular flexibility index (Phi) is 10.1. The number of carbonyl (C=O) groups is 2. The molecule has 0 saturated carbocycles. The fraction of sp³-hybridized carbons (Fsp3) is 0.250. The van der Waals surface area contributed by atoms with Crippen molar-refractivity contribution in [2.45, 2.75) is 51.4 Å². The summed E-state index contributed by atoms with van der Waals surface area (Å²) >= 11 is 1.39. The molecule has 9 nitrogen and oxygen atoms in total. The number of allylic oxidation sites excluding steroid dienone is 4. The number of rotatable bonds is 13. The molecule has 5 rings (SSSR count). The number of benzene rings is 2. The minimum Gasteiger partial charge on any atom is -0.462 e. The number of carbonyl (C=O) groups excluding carboxylic acids is 2. The van der Waals surface area contributed by atoms with Crippen LogP contribution in [0.4, 0.5) is 10.9 Å². The summed E-state index contributed by atoms with van der Waals surface area (Å²) in [6.45, 7) is 0. The maximum atomic E-state index is 12.6. The van der Waals surface area contributed by atoms with Crippen LogP contribution in [0.5, 0.6) is 5.75 Å². The Morgan fingerprint density at radius 2 is 1.62 bits per heavy atom. The lowest BCUT2D eigenvalue weighted by Crippen LogP contribution is -2.15. The quantitative estimate of drug-likeness (QED) is 0.190. The van der Waals surface area contributed by atoms with Crippen LogP contribution in [0.2, 0.25) is 0 Å². The highest BCUT2D eigenvalue weighted by molar-refractivity contribution is 7.15. The third-order valence-electron chi connectivity index (χ3n) is 6.47. The lowest BCUT2D eigenvalue weighted by Gasteiger charge is -2.12. The molecule has 1 aliphatic carbocycles. The highest BCUT2D eigenvalue weighted by Gasteiger charge is 2.11. The summed E-state index contributed by atoms with van der Waals surface area (Å²) < 4.78 is 5.95. The summed E-state index contributed by atoms with van der Waals surface area (Å²) in [5, 5.41) is 23.7. The zero-order valence-electron chi connectivity index (χ0n) is 23.2. The first-order chi connectivity index (χ1) is 20.6. The summed E-state index contributed by atoms with van der Waals surface area (Å²) in [5.41, 5.74) is 2.68. The monoisotopic (exact) mass is 580 g/mol. The lowest BCUT2D eigenvalue weighted by molar-refractivity contribution is -0.116. The molecule has 0 unspecified atom stereocenters. The van der Waals surface area contributed by atoms with Crippen LogP contribution in [0, 0.1) is 0 Å². The standard InChI is InChI=1S/C32H32N6O3S/c39-29(21-23-10-3-1-4-11-23)33-28-19-18-25(35-36-28)13-7-8-17-31-37-38-32(42-31)34-30(40)22-24-12-9-16-27(20-24)41-26-14-5-2-6-15-26/h1-5,9-12,14,16,18-20H,6-8,13,15,17,21-22H2,(H,33,36,39)(H,34,38,40). The second-order valence-corrected chi connectivity index (χ2v) is 11.0. The van der Waals surface area contributed by atoms with Crippen LogP contribution in [-0.2, 0) is 35.3 Å². The maximum absolute atomic E-state index is 12.6. The molecule has 2 aromatic heterocycles. The first-order valence-electron chi connectivity index (χ1n) is 14.0. The van der Waals surface area contributed by atoms with E-state index in [0.29, 0.717) is 17.4 Å². The SMILES string of the molecule is O=C(Cc1ccccc1)Nc1ccc(CCCCc2nnc(NC(=O)Cc3cccc(OC4=CC=CCC4)c3)s2)nn1. The van der Waals surface area contributed by atoms with Crippen LogP contribution in [0.3, 0.4) is 0 Å². The molecule has 0 fully saturated rings. The maximum Gasteiger partial charge on any atom is 0.230 e. The van der Waals surface area contributed by atoms with Crippen molar-refractivity contribution in [3.8, 4) is 5.75 Å². The van der Waals surface area contributed by atoms with Crippen molar-refractivity contribution >= 4 is 34.1 Å². The fourth-order valence-corrected chi connectivity index (χ4v) is 5.20. The predicted octanol–water partition coefficient (Wildman–Crippen LogP) is 5.87. The first-order valence-corrected chi connectivity index (χ1v) is 14.8. The van der Waals surface area contributed by atoms with E-state index in [1.54, 1.807) is 6.07 Å². The van der Waals surface area contributed by atoms with E-state index in [0.717, 1.165) is 71.9 Å². The minimum absolute atomic E-state index is 0.124. The van der Waals surface area contributed by atoms with Crippen LogP contribution in [0.15, 0.2) is 90.7 Å². The van der Waals surface area contributed by atoms with Gasteiger partial charge in [-0.2, -0.15) is 5.10 Å². The number of nitrogens with one attached hydrogen (secondary N) is 2. The van der Waals surface area contributed by atoms with Gasteiger partial charge in [-0.05, 0) is 67.2 Å². The Morgan fingerprint density at radius 1 is 0.810 bits per heavy atom. The van der Waals surface area contributed by atoms with E-state index < -0.39 is 0 Å². The molecule has 1 aliphatic rings. The van der Waals surface area contributed by atoms with E-state index in [1.807, 2.05) is 72.8 Å². The van der Waals surface area contributed by atoms with Gasteiger partial charge < -0.3 is 15.4 Å². The number of nitrogens with zero attached hydrogens (tertiary/aromatic N) is 4. The number of amides is 2. The van der Waals surface area contributed by atoms with E-state index in [2.05, 4.69) is 37.1 Å². The van der Waals surface area contributed by atoms with E-state index in [-0.39, 0.29) is 18.2 Å². The summed E-state index contributed by atoms with van der Waals surface area (Å²) in [4.78, 5) is 24.8. The van der Waals surface area contributed by atoms with Crippen LogP contribution in [-0.4, -0.2) is 32.2 Å². The fourth-order valence-electron chi connectivity index (χ4n) is 4.40. The molecule has 2 amide bonds. The molecule has 0 saturated heterocycles. The van der Waals surface area contributed by atoms with Crippen molar-refractivity contribution in [2.75, 3.05) is 10.6 Å². The smallest absolute Gasteiger partial charge is 0.230 e. The van der Waals surface area contributed by atoms with Crippen molar-refractivity contribution < 1.29 is 14.3 Å². The van der Waals surface area contributed by atoms with Crippen LogP contribution in [0.25, 0.3) is 0 Å². The number of aromatic nitrogens is 4. The Labute approximate surface area is 248 Å². The van der Waals surface area contributed by atoms with Gasteiger partial charge in [0.1, 0.15) is 16.5 Å². The Hall–Kier alpha value is -4.70. The zero-order chi connectivity index (χ0) is 29.0. The van der Waals surface area contributed by atoms with Crippen molar-refractivity contribution in [2.24, 2.45) is 0 Å². The molecule has 214 valence electrons. The molecule has 2 N–H and O–H groups in total. The summed E-state index contributed by atoms with van der Waals surface area (Å²) in [6, 6.07) is 20.8. The first kappa shape index (κ1) is 28.8. The van der Waals surface area contributed by atoms with Gasteiger partial charge in [0.15, 0.2) is 5.82 Å². The van der Waals surface area contributed by atoms with E-state index in [1.165, 1.54) is 11.3 Å². The van der Waals surface area contributed by atoms with Gasteiger partial charge in [0.05, 0.1) is 18.5 Å². The van der Waals surface area contributed by atoms with Gasteiger partial charge in [-0.1, -0.05) is 66.0 Å². The highest BCUT2D eigenvalue weighted by atomic mass is 32.1. The van der Waals surface area contributed by atoms with Gasteiger partial charge in [-0.25, -0.2) is 0 Å². The molecule has 0 aliphatic heterocycles. The number of hydrogen-bond donors (Lipinski definition) is 2. The zero-order valence-corrected chi connectivity index (χ0v) is 24.0. The van der Waals surface area contributed by atoms with Gasteiger partial charge >= 0.3 is 0 Å². The third kappa shape index (κ3) is 9.17. The van der Waals surface area contributed by atoms with Gasteiger partial charge in [0.2, 0.25) is 16.9 Å². The van der Waals surface area contributed by atoms with Crippen LogP contribution < -0.4 is 15.4 Å². The Bertz CT molecular complexity index is 1550. The molecule has 10 heteroatoms. The van der Waals surface area contributed by atoms with Crippen molar-refractivity contribution in [3.05, 3.63) is 113 Å². The molecule has 4 aromatic rings. The van der Waals surface area contributed by atoms with Crippen molar-refractivity contribution in [3.63, 3.8) is 0 Å². The lowest BCUT2D eigenvalue weighted by atomic mass is 10.1. The molecular weight excluding hydrogens is 548 g/mol. The molecular formula is C32H32N6O3S. The summed E-state index contributed by atoms with van der Waals surface area (Å²) in [6.07, 6.45) is 11.8. The number of ether oxygens (including phenoxy) is 1. The predicted molar refractivity (Wildman–Crippen MR) is 163 cm³/mol. The van der Waals surface area contributed by atoms with E-state index in [4.69, 9.17) is 4.74 Å². The molecule has 42 heavy (non-hydrogen) atoms. The van der Waals surface area contributed by atoms with Crippen molar-refractivity contribution in [1.82, 2.24) is 20.4 Å². The average Bonchev–Trinajstić information content (AvgIpc) is 3.44. The van der Waals surface area contributed by atoms with Gasteiger partial charge in [-0.3, -0.25) is 9.59 Å². The molecule has 2 heterocycles. The molecule has 0 atom stereocenters. The van der Waals surface area contributed by atoms with Crippen LogP contribution >= 0.6 is 11.3 Å². The molecule has 0 radical (unpaired) electrons. The second-order valence-electron chi connectivity index (χ2n) is 9.90. The minimum atomic E-state index is -0.145.